The number of nitrogens with two attached hydrogens (primary N) is 1. The molecule has 174 valence electrons. The van der Waals surface area contributed by atoms with E-state index in [1.165, 1.54) is 6.20 Å². The number of aromatic nitrogens is 4. The monoisotopic (exact) mass is 497 g/mol. The first-order valence-corrected chi connectivity index (χ1v) is 11.3. The number of nitrogen functional groups attached to an aromatic ring is 1. The van der Waals surface area contributed by atoms with Crippen LogP contribution in [0.3, 0.4) is 0 Å². The van der Waals surface area contributed by atoms with Gasteiger partial charge in [-0.2, -0.15) is 9.97 Å². The van der Waals surface area contributed by atoms with Gasteiger partial charge in [-0.15, -0.1) is 0 Å². The zero-order valence-electron chi connectivity index (χ0n) is 18.4. The van der Waals surface area contributed by atoms with Gasteiger partial charge in [0.05, 0.1) is 21.1 Å². The third kappa shape index (κ3) is 4.13. The van der Waals surface area contributed by atoms with E-state index in [1.807, 2.05) is 32.3 Å². The second-order valence-corrected chi connectivity index (χ2v) is 9.08. The van der Waals surface area contributed by atoms with E-state index >= 15 is 0 Å². The van der Waals surface area contributed by atoms with Crippen molar-refractivity contribution in [1.29, 1.82) is 0 Å². The zero-order valence-corrected chi connectivity index (χ0v) is 19.9. The van der Waals surface area contributed by atoms with E-state index in [0.717, 1.165) is 34.5 Å². The summed E-state index contributed by atoms with van der Waals surface area (Å²) < 4.78 is 7.15. The summed E-state index contributed by atoms with van der Waals surface area (Å²) >= 11 is 12.5. The second kappa shape index (κ2) is 8.75. The van der Waals surface area contributed by atoms with Crippen molar-refractivity contribution in [2.75, 3.05) is 31.7 Å². The van der Waals surface area contributed by atoms with Crippen molar-refractivity contribution < 1.29 is 4.74 Å². The van der Waals surface area contributed by atoms with Crippen LogP contribution in [-0.4, -0.2) is 51.2 Å². The highest BCUT2D eigenvalue weighted by atomic mass is 35.5. The van der Waals surface area contributed by atoms with Gasteiger partial charge in [-0.05, 0) is 50.0 Å². The number of benzene rings is 2. The average Bonchev–Trinajstić information content (AvgIpc) is 3.16. The minimum atomic E-state index is -0.647. The summed E-state index contributed by atoms with van der Waals surface area (Å²) in [5, 5.41) is 4.11. The van der Waals surface area contributed by atoms with Crippen molar-refractivity contribution in [2.45, 2.75) is 12.5 Å². The highest BCUT2D eigenvalue weighted by Gasteiger charge is 2.24. The van der Waals surface area contributed by atoms with Crippen molar-refractivity contribution in [3.8, 4) is 11.4 Å². The molecule has 11 heteroatoms. The number of nitrogens with zero attached hydrogens (tertiary/aromatic N) is 5. The minimum absolute atomic E-state index is 0.0955. The van der Waals surface area contributed by atoms with Gasteiger partial charge in [-0.1, -0.05) is 29.3 Å². The molecule has 0 amide bonds. The fourth-order valence-corrected chi connectivity index (χ4v) is 4.58. The zero-order chi connectivity index (χ0) is 24.0. The van der Waals surface area contributed by atoms with Gasteiger partial charge in [0.15, 0.2) is 5.65 Å². The lowest BCUT2D eigenvalue weighted by Crippen LogP contribution is -2.29. The Hall–Kier alpha value is -3.40. The maximum absolute atomic E-state index is 12.8. The van der Waals surface area contributed by atoms with Gasteiger partial charge in [0, 0.05) is 24.8 Å². The normalized spacial score (nSPS) is 14.9. The molecule has 4 aromatic rings. The molecule has 2 aromatic heterocycles. The first-order chi connectivity index (χ1) is 16.3. The third-order valence-corrected chi connectivity index (χ3v) is 6.08. The van der Waals surface area contributed by atoms with E-state index in [4.69, 9.17) is 33.7 Å². The van der Waals surface area contributed by atoms with Crippen LogP contribution in [0, 0.1) is 0 Å². The Kier molecular flexibility index (Phi) is 5.76. The van der Waals surface area contributed by atoms with Crippen LogP contribution >= 0.6 is 23.2 Å². The predicted octanol–water partition coefficient (Wildman–Crippen LogP) is 3.67. The van der Waals surface area contributed by atoms with Crippen molar-refractivity contribution >= 4 is 51.7 Å². The molecule has 3 N–H and O–H groups in total. The van der Waals surface area contributed by atoms with Crippen LogP contribution in [0.1, 0.15) is 5.56 Å². The Labute approximate surface area is 205 Å². The van der Waals surface area contributed by atoms with E-state index in [2.05, 4.69) is 25.2 Å². The SMILES string of the molecule is CN(C)CC1Cc2cc(Nc3ncc4c(N)n(-c5c(Cl)cccc5Cl)c(=O)nc4n3)ccc2O1. The molecule has 1 aliphatic heterocycles. The standard InChI is InChI=1S/C23H21Cl2N7O2/c1-31(2)11-14-9-12-8-13(6-7-18(12)34-14)28-22-27-10-15-20(26)32(23(33)30-21(15)29-22)19-16(24)4-3-5-17(19)25/h3-8,10,14H,9,11,26H2,1-2H3,(H,28,29,30,33). The Bertz CT molecular complexity index is 1450. The first kappa shape index (κ1) is 22.4. The number of para-hydroxylation sites is 1. The smallest absolute Gasteiger partial charge is 0.355 e. The summed E-state index contributed by atoms with van der Waals surface area (Å²) in [7, 11) is 4.05. The van der Waals surface area contributed by atoms with E-state index in [1.54, 1.807) is 18.2 Å². The molecule has 0 bridgehead atoms. The molecular weight excluding hydrogens is 477 g/mol. The number of hydrogen-bond donors (Lipinski definition) is 2. The van der Waals surface area contributed by atoms with Crippen LogP contribution in [0.5, 0.6) is 5.75 Å². The molecule has 1 unspecified atom stereocenters. The number of halogens is 2. The highest BCUT2D eigenvalue weighted by Crippen LogP contribution is 2.33. The Morgan fingerprint density at radius 3 is 2.71 bits per heavy atom. The number of nitrogens with one attached hydrogen (secondary N) is 1. The molecule has 1 aliphatic rings. The van der Waals surface area contributed by atoms with Crippen LogP contribution in [0.4, 0.5) is 17.5 Å². The van der Waals surface area contributed by atoms with E-state index in [9.17, 15) is 4.79 Å². The lowest BCUT2D eigenvalue weighted by molar-refractivity contribution is 0.184. The van der Waals surface area contributed by atoms with Crippen LogP contribution < -0.4 is 21.5 Å². The number of rotatable bonds is 5. The quantitative estimate of drug-likeness (QED) is 0.429. The molecule has 0 saturated heterocycles. The Balaban J connectivity index is 1.46. The predicted molar refractivity (Wildman–Crippen MR) is 134 cm³/mol. The molecule has 5 rings (SSSR count). The molecule has 2 aromatic carbocycles. The maximum Gasteiger partial charge on any atom is 0.355 e. The summed E-state index contributed by atoms with van der Waals surface area (Å²) in [6.45, 7) is 0.843. The van der Waals surface area contributed by atoms with Crippen LogP contribution in [-0.2, 0) is 6.42 Å². The lowest BCUT2D eigenvalue weighted by Gasteiger charge is -2.15. The fraction of sp³-hybridized carbons (Fsp3) is 0.217. The molecule has 1 atom stereocenters. The number of ether oxygens (including phenoxy) is 1. The number of likely N-dealkylation sites (N-methyl/N-ethyl adjacent to an activating group) is 1. The number of anilines is 3. The van der Waals surface area contributed by atoms with Gasteiger partial charge in [-0.25, -0.2) is 14.3 Å². The summed E-state index contributed by atoms with van der Waals surface area (Å²) in [4.78, 5) is 27.8. The van der Waals surface area contributed by atoms with Crippen LogP contribution in [0.25, 0.3) is 16.7 Å². The molecule has 3 heterocycles. The maximum atomic E-state index is 12.8. The largest absolute Gasteiger partial charge is 0.488 e. The van der Waals surface area contributed by atoms with Crippen molar-refractivity contribution in [3.63, 3.8) is 0 Å². The van der Waals surface area contributed by atoms with Crippen molar-refractivity contribution in [1.82, 2.24) is 24.4 Å². The Morgan fingerprint density at radius 1 is 1.21 bits per heavy atom. The molecular formula is C23H21Cl2N7O2. The molecule has 34 heavy (non-hydrogen) atoms. The van der Waals surface area contributed by atoms with Crippen molar-refractivity contribution in [2.24, 2.45) is 0 Å². The second-order valence-electron chi connectivity index (χ2n) is 8.27. The number of fused-ring (bicyclic) bond motifs is 2. The fourth-order valence-electron chi connectivity index (χ4n) is 4.02. The molecule has 0 saturated carbocycles. The molecule has 0 radical (unpaired) electrons. The summed E-state index contributed by atoms with van der Waals surface area (Å²) in [6.07, 6.45) is 2.46. The molecule has 0 fully saturated rings. The average molecular weight is 498 g/mol. The first-order valence-electron chi connectivity index (χ1n) is 10.5. The molecule has 0 aliphatic carbocycles. The van der Waals surface area contributed by atoms with E-state index in [0.29, 0.717) is 5.39 Å². The van der Waals surface area contributed by atoms with Gasteiger partial charge >= 0.3 is 5.69 Å². The summed E-state index contributed by atoms with van der Waals surface area (Å²) in [5.41, 5.74) is 7.98. The Morgan fingerprint density at radius 2 is 1.97 bits per heavy atom. The van der Waals surface area contributed by atoms with Crippen LogP contribution in [0.15, 0.2) is 47.4 Å². The minimum Gasteiger partial charge on any atom is -0.488 e. The van der Waals surface area contributed by atoms with Gasteiger partial charge in [0.25, 0.3) is 0 Å². The third-order valence-electron chi connectivity index (χ3n) is 5.47. The molecule has 0 spiro atoms. The van der Waals surface area contributed by atoms with Crippen molar-refractivity contribution in [3.05, 3.63) is 68.7 Å². The van der Waals surface area contributed by atoms with Crippen LogP contribution in [0.2, 0.25) is 10.0 Å². The van der Waals surface area contributed by atoms with Gasteiger partial charge in [-0.3, -0.25) is 0 Å². The van der Waals surface area contributed by atoms with Gasteiger partial charge in [0.2, 0.25) is 5.95 Å². The lowest BCUT2D eigenvalue weighted by atomic mass is 10.1. The molecule has 9 nitrogen and oxygen atoms in total. The van der Waals surface area contributed by atoms with Gasteiger partial charge < -0.3 is 20.7 Å². The van der Waals surface area contributed by atoms with E-state index in [-0.39, 0.29) is 39.2 Å². The topological polar surface area (TPSA) is 111 Å². The van der Waals surface area contributed by atoms with E-state index < -0.39 is 5.69 Å². The summed E-state index contributed by atoms with van der Waals surface area (Å²) in [6, 6.07) is 10.7. The highest BCUT2D eigenvalue weighted by molar-refractivity contribution is 6.37. The van der Waals surface area contributed by atoms with Gasteiger partial charge in [0.1, 0.15) is 17.7 Å². The summed E-state index contributed by atoms with van der Waals surface area (Å²) in [5.74, 6) is 1.26. The number of hydrogen-bond acceptors (Lipinski definition) is 8.